The number of rotatable bonds is 14. The number of guanidine groups is 1. The lowest BCUT2D eigenvalue weighted by atomic mass is 9.82. The first-order valence-electron chi connectivity index (χ1n) is 14.5. The third-order valence-electron chi connectivity index (χ3n) is 7.77. The highest BCUT2D eigenvalue weighted by atomic mass is 35.5. The third-order valence-corrected chi connectivity index (χ3v) is 7.77. The lowest BCUT2D eigenvalue weighted by Gasteiger charge is -2.32. The number of benzene rings is 2. The molecule has 3 rings (SSSR count). The Morgan fingerprint density at radius 1 is 0.953 bits per heavy atom. The highest BCUT2D eigenvalue weighted by Crippen LogP contribution is 2.29. The largest absolute Gasteiger partial charge is 0.384 e. The summed E-state index contributed by atoms with van der Waals surface area (Å²) in [5, 5.41) is 13.5. The van der Waals surface area contributed by atoms with Crippen LogP contribution >= 0.6 is 12.4 Å². The SMILES string of the molecule is Cc1cccc([C@H](Cc2ccc(C(=N)N)cc2)C(=O)N[C@H](C(=O)N[C@@H](CCCN=C(N)N)C(N)=O)C2CCCCC2)c1.Cl. The topological polar surface area (TPSA) is 216 Å². The molecule has 0 radical (unpaired) electrons. The zero-order valence-electron chi connectivity index (χ0n) is 24.7. The van der Waals surface area contributed by atoms with Crippen LogP contribution in [0, 0.1) is 18.3 Å². The van der Waals surface area contributed by atoms with E-state index < -0.39 is 29.8 Å². The maximum absolute atomic E-state index is 14.0. The number of hydrogen-bond acceptors (Lipinski definition) is 5. The first kappa shape index (κ1) is 35.1. The van der Waals surface area contributed by atoms with E-state index in [0.717, 1.165) is 48.8 Å². The molecule has 11 nitrogen and oxygen atoms in total. The number of carbonyl (C=O) groups excluding carboxylic acids is 3. The van der Waals surface area contributed by atoms with Gasteiger partial charge in [-0.15, -0.1) is 12.4 Å². The van der Waals surface area contributed by atoms with E-state index in [0.29, 0.717) is 24.9 Å². The molecule has 1 fully saturated rings. The number of amidine groups is 1. The first-order chi connectivity index (χ1) is 20.0. The summed E-state index contributed by atoms with van der Waals surface area (Å²) in [6, 6.07) is 13.3. The van der Waals surface area contributed by atoms with Gasteiger partial charge in [0.05, 0.1) is 5.92 Å². The Morgan fingerprint density at radius 2 is 1.63 bits per heavy atom. The predicted octanol–water partition coefficient (Wildman–Crippen LogP) is 2.12. The van der Waals surface area contributed by atoms with E-state index in [2.05, 4.69) is 15.6 Å². The highest BCUT2D eigenvalue weighted by molar-refractivity contribution is 5.95. The standard InChI is InChI=1S/C31H44N8O3.ClH/c1-19-7-5-10-23(17-19)24(18-20-12-14-22(15-13-20)27(32)33)29(41)39-26(21-8-3-2-4-9-21)30(42)38-25(28(34)40)11-6-16-37-31(35)36;/h5,7,10,12-15,17,21,24-26H,2-4,6,8-9,11,16,18H2,1H3,(H3,32,33)(H2,34,40)(H,38,42)(H,39,41)(H4,35,36,37);1H/t24-,25-,26-;/m0./s1. The monoisotopic (exact) mass is 612 g/mol. The van der Waals surface area contributed by atoms with E-state index in [9.17, 15) is 14.4 Å². The summed E-state index contributed by atoms with van der Waals surface area (Å²) in [6.45, 7) is 2.27. The molecule has 1 saturated carbocycles. The van der Waals surface area contributed by atoms with E-state index in [1.807, 2.05) is 43.3 Å². The van der Waals surface area contributed by atoms with Crippen LogP contribution in [0.4, 0.5) is 0 Å². The minimum absolute atomic E-state index is 0. The van der Waals surface area contributed by atoms with Crippen LogP contribution in [0.2, 0.25) is 0 Å². The zero-order chi connectivity index (χ0) is 30.6. The molecule has 234 valence electrons. The van der Waals surface area contributed by atoms with Crippen molar-refractivity contribution in [3.8, 4) is 0 Å². The van der Waals surface area contributed by atoms with E-state index >= 15 is 0 Å². The Hall–Kier alpha value is -4.12. The van der Waals surface area contributed by atoms with E-state index in [4.69, 9.17) is 28.3 Å². The Bertz CT molecular complexity index is 1270. The summed E-state index contributed by atoms with van der Waals surface area (Å²) >= 11 is 0. The Kier molecular flexibility index (Phi) is 14.0. The predicted molar refractivity (Wildman–Crippen MR) is 172 cm³/mol. The number of nitrogens with zero attached hydrogens (tertiary/aromatic N) is 1. The number of aliphatic imine (C=N–C) groups is 1. The molecular weight excluding hydrogens is 568 g/mol. The molecule has 0 heterocycles. The van der Waals surface area contributed by atoms with Gasteiger partial charge in [0, 0.05) is 12.1 Å². The molecular formula is C31H45ClN8O3. The van der Waals surface area contributed by atoms with Crippen molar-refractivity contribution in [2.75, 3.05) is 6.54 Å². The van der Waals surface area contributed by atoms with Gasteiger partial charge in [-0.3, -0.25) is 24.8 Å². The van der Waals surface area contributed by atoms with Crippen molar-refractivity contribution in [2.24, 2.45) is 33.8 Å². The number of carbonyl (C=O) groups is 3. The first-order valence-corrected chi connectivity index (χ1v) is 14.5. The fraction of sp³-hybridized carbons (Fsp3) is 0.452. The number of hydrogen-bond donors (Lipinski definition) is 7. The molecule has 0 spiro atoms. The van der Waals surface area contributed by atoms with Gasteiger partial charge >= 0.3 is 0 Å². The van der Waals surface area contributed by atoms with Crippen molar-refractivity contribution in [2.45, 2.75) is 76.3 Å². The lowest BCUT2D eigenvalue weighted by Crippen LogP contribution is -2.56. The Balaban J connectivity index is 0.00000645. The summed E-state index contributed by atoms with van der Waals surface area (Å²) in [4.78, 5) is 43.8. The van der Waals surface area contributed by atoms with Crippen LogP contribution in [0.15, 0.2) is 53.5 Å². The van der Waals surface area contributed by atoms with Crippen LogP contribution in [0.25, 0.3) is 0 Å². The van der Waals surface area contributed by atoms with Crippen molar-refractivity contribution in [1.29, 1.82) is 5.41 Å². The average Bonchev–Trinajstić information content (AvgIpc) is 2.96. The number of nitrogen functional groups attached to an aromatic ring is 1. The van der Waals surface area contributed by atoms with Crippen molar-refractivity contribution in [3.05, 3.63) is 70.8 Å². The van der Waals surface area contributed by atoms with Crippen LogP contribution in [-0.4, -0.2) is 48.1 Å². The van der Waals surface area contributed by atoms with Crippen LogP contribution in [0.5, 0.6) is 0 Å². The minimum atomic E-state index is -0.915. The second-order valence-corrected chi connectivity index (χ2v) is 11.1. The van der Waals surface area contributed by atoms with E-state index in [-0.39, 0.29) is 42.4 Å². The number of primary amides is 1. The molecule has 43 heavy (non-hydrogen) atoms. The van der Waals surface area contributed by atoms with Gasteiger partial charge in [0.1, 0.15) is 17.9 Å². The van der Waals surface area contributed by atoms with Gasteiger partial charge in [-0.1, -0.05) is 73.4 Å². The molecule has 0 bridgehead atoms. The lowest BCUT2D eigenvalue weighted by molar-refractivity contribution is -0.133. The van der Waals surface area contributed by atoms with Crippen molar-refractivity contribution in [3.63, 3.8) is 0 Å². The summed E-state index contributed by atoms with van der Waals surface area (Å²) in [7, 11) is 0. The van der Waals surface area contributed by atoms with Gasteiger partial charge in [0.2, 0.25) is 17.7 Å². The van der Waals surface area contributed by atoms with Crippen LogP contribution < -0.4 is 33.6 Å². The summed E-state index contributed by atoms with van der Waals surface area (Å²) in [6.07, 6.45) is 5.71. The van der Waals surface area contributed by atoms with Crippen molar-refractivity contribution in [1.82, 2.24) is 10.6 Å². The molecule has 0 unspecified atom stereocenters. The molecule has 2 aromatic carbocycles. The number of nitrogens with one attached hydrogen (secondary N) is 3. The van der Waals surface area contributed by atoms with Crippen LogP contribution in [0.3, 0.4) is 0 Å². The Morgan fingerprint density at radius 3 is 2.21 bits per heavy atom. The number of amides is 3. The number of nitrogens with two attached hydrogens (primary N) is 4. The molecule has 0 saturated heterocycles. The second kappa shape index (κ2) is 17.1. The number of halogens is 1. The number of aryl methyl sites for hydroxylation is 1. The molecule has 1 aliphatic carbocycles. The van der Waals surface area contributed by atoms with E-state index in [1.165, 1.54) is 0 Å². The van der Waals surface area contributed by atoms with Gasteiger partial charge in [0.25, 0.3) is 0 Å². The molecule has 12 heteroatoms. The third kappa shape index (κ3) is 10.9. The molecule has 2 aromatic rings. The summed E-state index contributed by atoms with van der Waals surface area (Å²) in [5.74, 6) is -2.06. The Labute approximate surface area is 259 Å². The minimum Gasteiger partial charge on any atom is -0.384 e. The van der Waals surface area contributed by atoms with Gasteiger partial charge < -0.3 is 33.6 Å². The summed E-state index contributed by atoms with van der Waals surface area (Å²) < 4.78 is 0. The zero-order valence-corrected chi connectivity index (χ0v) is 25.5. The normalized spacial score (nSPS) is 15.2. The molecule has 11 N–H and O–H groups in total. The smallest absolute Gasteiger partial charge is 0.243 e. The van der Waals surface area contributed by atoms with Crippen LogP contribution in [-0.2, 0) is 20.8 Å². The highest BCUT2D eigenvalue weighted by Gasteiger charge is 2.35. The molecule has 0 aliphatic heterocycles. The average molecular weight is 613 g/mol. The van der Waals surface area contributed by atoms with Gasteiger partial charge in [-0.25, -0.2) is 0 Å². The van der Waals surface area contributed by atoms with Gasteiger partial charge in [0.15, 0.2) is 5.96 Å². The maximum Gasteiger partial charge on any atom is 0.243 e. The summed E-state index contributed by atoms with van der Waals surface area (Å²) in [5.41, 5.74) is 25.3. The molecule has 3 amide bonds. The van der Waals surface area contributed by atoms with E-state index in [1.54, 1.807) is 12.1 Å². The molecule has 1 aliphatic rings. The van der Waals surface area contributed by atoms with Crippen molar-refractivity contribution >= 4 is 41.9 Å². The molecule has 0 aromatic heterocycles. The maximum atomic E-state index is 14.0. The van der Waals surface area contributed by atoms with Gasteiger partial charge in [-0.2, -0.15) is 0 Å². The fourth-order valence-electron chi connectivity index (χ4n) is 5.47. The second-order valence-electron chi connectivity index (χ2n) is 11.1. The van der Waals surface area contributed by atoms with Gasteiger partial charge in [-0.05, 0) is 56.1 Å². The molecule has 3 atom stereocenters. The van der Waals surface area contributed by atoms with Crippen molar-refractivity contribution < 1.29 is 14.4 Å². The fourth-order valence-corrected chi connectivity index (χ4v) is 5.47. The van der Waals surface area contributed by atoms with Crippen LogP contribution in [0.1, 0.15) is 73.1 Å². The quantitative estimate of drug-likeness (QED) is 0.0962.